The van der Waals surface area contributed by atoms with Gasteiger partial charge in [0.25, 0.3) is 15.7 Å². The lowest BCUT2D eigenvalue weighted by molar-refractivity contribution is -0.387. The van der Waals surface area contributed by atoms with Gasteiger partial charge in [0.2, 0.25) is 11.8 Å². The molecule has 12 nitrogen and oxygen atoms in total. The number of hydrogen-bond donors (Lipinski definition) is 2. The van der Waals surface area contributed by atoms with E-state index in [9.17, 15) is 38.0 Å². The summed E-state index contributed by atoms with van der Waals surface area (Å²) in [4.78, 5) is 49.3. The monoisotopic (exact) mass is 512 g/mol. The van der Waals surface area contributed by atoms with Gasteiger partial charge in [-0.05, 0) is 31.2 Å². The summed E-state index contributed by atoms with van der Waals surface area (Å²) < 4.78 is 28.0. The number of aliphatic carboxylic acids is 1. The Labute approximate surface area is 204 Å². The van der Waals surface area contributed by atoms with Crippen molar-refractivity contribution in [1.29, 1.82) is 0 Å². The SMILES string of the molecule is CCCN(C(C(=O)N[C@@H](CC(=O)O)C(=O)N1CCCC1)C(C)C)S(=O)(=O)c1ccccc1[N+](=O)[O-]. The fourth-order valence-electron chi connectivity index (χ4n) is 4.14. The van der Waals surface area contributed by atoms with Crippen LogP contribution in [0.15, 0.2) is 29.2 Å². The normalized spacial score (nSPS) is 15.7. The van der Waals surface area contributed by atoms with Gasteiger partial charge >= 0.3 is 5.97 Å². The van der Waals surface area contributed by atoms with Crippen molar-refractivity contribution < 1.29 is 32.8 Å². The van der Waals surface area contributed by atoms with Crippen molar-refractivity contribution in [1.82, 2.24) is 14.5 Å². The standard InChI is InChI=1S/C22H32N4O8S/c1-4-11-25(35(33,34)18-10-6-5-9-17(18)26(31)32)20(15(2)3)21(29)23-16(14-19(27)28)22(30)24-12-7-8-13-24/h5-6,9-10,15-16,20H,4,7-8,11-14H2,1-3H3,(H,23,29)(H,27,28)/t16-,20?/m0/s1. The van der Waals surface area contributed by atoms with Gasteiger partial charge in [-0.25, -0.2) is 8.42 Å². The van der Waals surface area contributed by atoms with Gasteiger partial charge in [0.15, 0.2) is 4.90 Å². The number of para-hydroxylation sites is 1. The van der Waals surface area contributed by atoms with Crippen LogP contribution in [0.3, 0.4) is 0 Å². The minimum absolute atomic E-state index is 0.117. The molecule has 1 heterocycles. The summed E-state index contributed by atoms with van der Waals surface area (Å²) >= 11 is 0. The average molecular weight is 513 g/mol. The third kappa shape index (κ3) is 6.75. The molecule has 0 spiro atoms. The van der Waals surface area contributed by atoms with Crippen molar-refractivity contribution in [3.63, 3.8) is 0 Å². The number of carbonyl (C=O) groups is 3. The largest absolute Gasteiger partial charge is 0.481 e. The smallest absolute Gasteiger partial charge is 0.305 e. The van der Waals surface area contributed by atoms with Crippen LogP contribution in [0.1, 0.15) is 46.5 Å². The van der Waals surface area contributed by atoms with E-state index in [1.54, 1.807) is 20.8 Å². The number of likely N-dealkylation sites (tertiary alicyclic amines) is 1. The Morgan fingerprint density at radius 2 is 1.80 bits per heavy atom. The number of rotatable bonds is 12. The Morgan fingerprint density at radius 1 is 1.20 bits per heavy atom. The van der Waals surface area contributed by atoms with E-state index in [4.69, 9.17) is 0 Å². The molecule has 1 saturated heterocycles. The molecule has 1 fully saturated rings. The van der Waals surface area contributed by atoms with Crippen LogP contribution in [0.25, 0.3) is 0 Å². The van der Waals surface area contributed by atoms with Gasteiger partial charge in [0.1, 0.15) is 12.1 Å². The van der Waals surface area contributed by atoms with Gasteiger partial charge in [0, 0.05) is 25.7 Å². The zero-order valence-electron chi connectivity index (χ0n) is 20.0. The van der Waals surface area contributed by atoms with Gasteiger partial charge in [-0.3, -0.25) is 24.5 Å². The van der Waals surface area contributed by atoms with E-state index in [0.717, 1.165) is 29.3 Å². The number of amides is 2. The molecule has 1 aliphatic heterocycles. The molecule has 194 valence electrons. The zero-order valence-corrected chi connectivity index (χ0v) is 20.9. The van der Waals surface area contributed by atoms with Crippen molar-refractivity contribution in [3.05, 3.63) is 34.4 Å². The van der Waals surface area contributed by atoms with Crippen LogP contribution in [0.4, 0.5) is 5.69 Å². The summed E-state index contributed by atoms with van der Waals surface area (Å²) in [5.74, 6) is -3.26. The van der Waals surface area contributed by atoms with Gasteiger partial charge in [-0.2, -0.15) is 4.31 Å². The third-order valence-electron chi connectivity index (χ3n) is 5.71. The average Bonchev–Trinajstić information content (AvgIpc) is 3.32. The fraction of sp³-hybridized carbons (Fsp3) is 0.591. The van der Waals surface area contributed by atoms with E-state index in [1.807, 2.05) is 0 Å². The predicted octanol–water partition coefficient (Wildman–Crippen LogP) is 1.60. The van der Waals surface area contributed by atoms with Crippen LogP contribution in [-0.4, -0.2) is 77.2 Å². The summed E-state index contributed by atoms with van der Waals surface area (Å²) in [7, 11) is -4.50. The molecule has 13 heteroatoms. The number of benzene rings is 1. The highest BCUT2D eigenvalue weighted by Gasteiger charge is 2.41. The number of nitrogens with one attached hydrogen (secondary N) is 1. The molecule has 35 heavy (non-hydrogen) atoms. The molecule has 2 atom stereocenters. The van der Waals surface area contributed by atoms with Gasteiger partial charge < -0.3 is 15.3 Å². The number of carboxylic acids is 1. The molecule has 0 bridgehead atoms. The van der Waals surface area contributed by atoms with E-state index in [0.29, 0.717) is 19.5 Å². The minimum atomic E-state index is -4.50. The second-order valence-corrected chi connectivity index (χ2v) is 10.6. The molecule has 0 aliphatic carbocycles. The van der Waals surface area contributed by atoms with E-state index in [-0.39, 0.29) is 6.54 Å². The Kier molecular flexibility index (Phi) is 9.72. The van der Waals surface area contributed by atoms with Gasteiger partial charge in [-0.15, -0.1) is 0 Å². The second-order valence-electron chi connectivity index (χ2n) is 8.72. The number of sulfonamides is 1. The lowest BCUT2D eigenvalue weighted by atomic mass is 10.0. The second kappa shape index (κ2) is 12.1. The van der Waals surface area contributed by atoms with Gasteiger partial charge in [0.05, 0.1) is 11.3 Å². The van der Waals surface area contributed by atoms with Crippen molar-refractivity contribution >= 4 is 33.5 Å². The maximum atomic E-state index is 13.6. The number of nitro benzene ring substituents is 1. The van der Waals surface area contributed by atoms with E-state index in [2.05, 4.69) is 5.32 Å². The third-order valence-corrected chi connectivity index (χ3v) is 7.64. The number of nitrogens with zero attached hydrogens (tertiary/aromatic N) is 3. The Hall–Kier alpha value is -3.06. The van der Waals surface area contributed by atoms with Crippen LogP contribution in [-0.2, 0) is 24.4 Å². The number of carboxylic acid groups (broad SMARTS) is 1. The molecule has 1 aliphatic rings. The highest BCUT2D eigenvalue weighted by molar-refractivity contribution is 7.89. The molecule has 2 rings (SSSR count). The van der Waals surface area contributed by atoms with Crippen LogP contribution >= 0.6 is 0 Å². The topological polar surface area (TPSA) is 167 Å². The predicted molar refractivity (Wildman–Crippen MR) is 126 cm³/mol. The number of nitro groups is 1. The van der Waals surface area contributed by atoms with E-state index >= 15 is 0 Å². The lowest BCUT2D eigenvalue weighted by Crippen LogP contribution is -2.57. The fourth-order valence-corrected chi connectivity index (χ4v) is 6.11. The van der Waals surface area contributed by atoms with Crippen LogP contribution < -0.4 is 5.32 Å². The summed E-state index contributed by atoms with van der Waals surface area (Å²) in [6.45, 7) is 5.70. The molecule has 1 aromatic carbocycles. The first-order chi connectivity index (χ1) is 16.4. The minimum Gasteiger partial charge on any atom is -0.481 e. The Morgan fingerprint density at radius 3 is 2.31 bits per heavy atom. The van der Waals surface area contributed by atoms with E-state index < -0.39 is 67.7 Å². The molecule has 0 radical (unpaired) electrons. The first kappa shape index (κ1) is 28.2. The zero-order chi connectivity index (χ0) is 26.3. The molecule has 2 N–H and O–H groups in total. The van der Waals surface area contributed by atoms with E-state index in [1.165, 1.54) is 17.0 Å². The van der Waals surface area contributed by atoms with Gasteiger partial charge in [-0.1, -0.05) is 32.9 Å². The quantitative estimate of drug-likeness (QED) is 0.314. The van der Waals surface area contributed by atoms with Crippen molar-refractivity contribution in [2.24, 2.45) is 5.92 Å². The van der Waals surface area contributed by atoms with Crippen LogP contribution in [0.5, 0.6) is 0 Å². The summed E-state index contributed by atoms with van der Waals surface area (Å²) in [5.41, 5.74) is -0.621. The van der Waals surface area contributed by atoms with Crippen LogP contribution in [0.2, 0.25) is 0 Å². The van der Waals surface area contributed by atoms with Crippen molar-refractivity contribution in [2.75, 3.05) is 19.6 Å². The van der Waals surface area contributed by atoms with Crippen molar-refractivity contribution in [3.8, 4) is 0 Å². The highest BCUT2D eigenvalue weighted by Crippen LogP contribution is 2.29. The molecule has 1 aromatic rings. The maximum Gasteiger partial charge on any atom is 0.305 e. The lowest BCUT2D eigenvalue weighted by Gasteiger charge is -2.33. The Balaban J connectivity index is 2.45. The number of carbonyl (C=O) groups excluding carboxylic acids is 2. The maximum absolute atomic E-state index is 13.6. The number of hydrogen-bond acceptors (Lipinski definition) is 7. The molecule has 0 aromatic heterocycles. The summed E-state index contributed by atoms with van der Waals surface area (Å²) in [5, 5.41) is 23.2. The van der Waals surface area contributed by atoms with Crippen molar-refractivity contribution in [2.45, 2.75) is 63.4 Å². The summed E-state index contributed by atoms with van der Waals surface area (Å²) in [6, 6.07) is 2.17. The van der Waals surface area contributed by atoms with Crippen LogP contribution in [0, 0.1) is 16.0 Å². The highest BCUT2D eigenvalue weighted by atomic mass is 32.2. The molecular weight excluding hydrogens is 480 g/mol. The molecule has 1 unspecified atom stereocenters. The summed E-state index contributed by atoms with van der Waals surface area (Å²) in [6.07, 6.45) is 1.19. The first-order valence-electron chi connectivity index (χ1n) is 11.5. The Bertz CT molecular complexity index is 1050. The molecule has 0 saturated carbocycles. The first-order valence-corrected chi connectivity index (χ1v) is 12.9. The molecular formula is C22H32N4O8S. The molecule has 2 amide bonds.